The van der Waals surface area contributed by atoms with E-state index in [0.717, 1.165) is 12.2 Å². The summed E-state index contributed by atoms with van der Waals surface area (Å²) in [4.78, 5) is 18.0. The second-order valence-electron chi connectivity index (χ2n) is 4.90. The average Bonchev–Trinajstić information content (AvgIpc) is 2.22. The van der Waals surface area contributed by atoms with Crippen molar-refractivity contribution in [2.24, 2.45) is 5.92 Å². The van der Waals surface area contributed by atoms with Crippen LogP contribution in [-0.4, -0.2) is 29.4 Å². The first-order valence-corrected chi connectivity index (χ1v) is 6.05. The number of carbonyl (C=O) groups is 1. The van der Waals surface area contributed by atoms with Crippen molar-refractivity contribution in [2.45, 2.75) is 26.2 Å². The van der Waals surface area contributed by atoms with Gasteiger partial charge in [-0.25, -0.2) is 0 Å². The molecule has 17 heavy (non-hydrogen) atoms. The van der Waals surface area contributed by atoms with Crippen molar-refractivity contribution in [3.8, 4) is 0 Å². The van der Waals surface area contributed by atoms with E-state index in [2.05, 4.69) is 4.98 Å². The number of nitrogens with zero attached hydrogens (tertiary/aromatic N) is 2. The van der Waals surface area contributed by atoms with E-state index in [1.165, 1.54) is 19.3 Å². The Kier molecular flexibility index (Phi) is 3.31. The lowest BCUT2D eigenvalue weighted by Gasteiger charge is -2.30. The molecule has 4 nitrogen and oxygen atoms in total. The third-order valence-corrected chi connectivity index (χ3v) is 3.41. The van der Waals surface area contributed by atoms with Gasteiger partial charge in [0, 0.05) is 31.2 Å². The fourth-order valence-corrected chi connectivity index (χ4v) is 2.11. The predicted octanol–water partition coefficient (Wildman–Crippen LogP) is 1.84. The third-order valence-electron chi connectivity index (χ3n) is 3.41. The molecule has 1 fully saturated rings. The van der Waals surface area contributed by atoms with Gasteiger partial charge in [-0.2, -0.15) is 0 Å². The first-order chi connectivity index (χ1) is 8.08. The fraction of sp³-hybridized carbons (Fsp3) is 0.538. The topological polar surface area (TPSA) is 59.2 Å². The number of amides is 1. The minimum absolute atomic E-state index is 0.0260. The maximum Gasteiger partial charge on any atom is 0.257 e. The molecular formula is C13H19N3O. The predicted molar refractivity (Wildman–Crippen MR) is 67.7 cm³/mol. The van der Waals surface area contributed by atoms with E-state index < -0.39 is 0 Å². The summed E-state index contributed by atoms with van der Waals surface area (Å²) in [6.07, 6.45) is 5.34. The van der Waals surface area contributed by atoms with E-state index in [4.69, 9.17) is 5.73 Å². The van der Waals surface area contributed by atoms with E-state index in [1.807, 2.05) is 14.0 Å². The molecule has 1 saturated carbocycles. The molecule has 92 valence electrons. The van der Waals surface area contributed by atoms with Crippen LogP contribution in [0.4, 0.5) is 5.69 Å². The van der Waals surface area contributed by atoms with Crippen molar-refractivity contribution in [3.63, 3.8) is 0 Å². The molecule has 2 rings (SSSR count). The van der Waals surface area contributed by atoms with Crippen LogP contribution in [0.3, 0.4) is 0 Å². The Bertz CT molecular complexity index is 427. The minimum Gasteiger partial charge on any atom is -0.398 e. The highest BCUT2D eigenvalue weighted by Gasteiger charge is 2.23. The highest BCUT2D eigenvalue weighted by Crippen LogP contribution is 2.27. The third kappa shape index (κ3) is 2.57. The molecule has 1 aliphatic carbocycles. The molecule has 0 bridgehead atoms. The zero-order valence-electron chi connectivity index (χ0n) is 10.4. The molecule has 1 aromatic rings. The largest absolute Gasteiger partial charge is 0.398 e. The van der Waals surface area contributed by atoms with Gasteiger partial charge in [-0.05, 0) is 31.7 Å². The number of nitrogen functional groups attached to an aromatic ring is 1. The number of nitrogens with two attached hydrogens (primary N) is 1. The van der Waals surface area contributed by atoms with Crippen LogP contribution in [0.5, 0.6) is 0 Å². The lowest BCUT2D eigenvalue weighted by atomic mass is 9.85. The lowest BCUT2D eigenvalue weighted by Crippen LogP contribution is -2.34. The summed E-state index contributed by atoms with van der Waals surface area (Å²) in [6, 6.07) is 1.74. The van der Waals surface area contributed by atoms with Gasteiger partial charge in [-0.3, -0.25) is 9.78 Å². The molecular weight excluding hydrogens is 214 g/mol. The number of aromatic nitrogens is 1. The average molecular weight is 233 g/mol. The van der Waals surface area contributed by atoms with E-state index >= 15 is 0 Å². The fourth-order valence-electron chi connectivity index (χ4n) is 2.11. The molecule has 1 amide bonds. The maximum atomic E-state index is 12.2. The first kappa shape index (κ1) is 11.9. The van der Waals surface area contributed by atoms with Crippen LogP contribution in [0.15, 0.2) is 12.3 Å². The van der Waals surface area contributed by atoms with Gasteiger partial charge in [0.05, 0.1) is 5.56 Å². The summed E-state index contributed by atoms with van der Waals surface area (Å²) in [5.41, 5.74) is 7.71. The Morgan fingerprint density at radius 1 is 1.59 bits per heavy atom. The molecule has 0 aliphatic heterocycles. The molecule has 4 heteroatoms. The number of aryl methyl sites for hydroxylation is 1. The number of hydrogen-bond acceptors (Lipinski definition) is 3. The number of carbonyl (C=O) groups excluding carboxylic acids is 1. The summed E-state index contributed by atoms with van der Waals surface area (Å²) in [7, 11) is 1.83. The van der Waals surface area contributed by atoms with E-state index in [1.54, 1.807) is 17.2 Å². The van der Waals surface area contributed by atoms with Gasteiger partial charge in [0.25, 0.3) is 5.91 Å². The number of rotatable bonds is 3. The van der Waals surface area contributed by atoms with Gasteiger partial charge in [0.2, 0.25) is 0 Å². The molecule has 0 radical (unpaired) electrons. The van der Waals surface area contributed by atoms with Crippen molar-refractivity contribution >= 4 is 11.6 Å². The standard InChI is InChI=1S/C13H19N3O/c1-9-6-12(14)11(7-15-9)13(17)16(2)8-10-4-3-5-10/h6-7,10H,3-5,8H2,1-2H3,(H2,14,15). The van der Waals surface area contributed by atoms with E-state index in [-0.39, 0.29) is 5.91 Å². The van der Waals surface area contributed by atoms with Crippen molar-refractivity contribution in [1.82, 2.24) is 9.88 Å². The summed E-state index contributed by atoms with van der Waals surface area (Å²) in [6.45, 7) is 2.69. The van der Waals surface area contributed by atoms with Crippen LogP contribution >= 0.6 is 0 Å². The molecule has 0 saturated heterocycles. The van der Waals surface area contributed by atoms with Gasteiger partial charge in [0.15, 0.2) is 0 Å². The zero-order chi connectivity index (χ0) is 12.4. The summed E-state index contributed by atoms with van der Waals surface area (Å²) < 4.78 is 0. The highest BCUT2D eigenvalue weighted by molar-refractivity contribution is 5.98. The Morgan fingerprint density at radius 3 is 2.82 bits per heavy atom. The summed E-state index contributed by atoms with van der Waals surface area (Å²) in [5, 5.41) is 0. The van der Waals surface area contributed by atoms with Gasteiger partial charge < -0.3 is 10.6 Å². The van der Waals surface area contributed by atoms with Crippen LogP contribution in [0, 0.1) is 12.8 Å². The Morgan fingerprint density at radius 2 is 2.29 bits per heavy atom. The molecule has 2 N–H and O–H groups in total. The molecule has 1 aliphatic rings. The molecule has 0 atom stereocenters. The van der Waals surface area contributed by atoms with Gasteiger partial charge in [-0.1, -0.05) is 6.42 Å². The lowest BCUT2D eigenvalue weighted by molar-refractivity contribution is 0.0746. The second-order valence-corrected chi connectivity index (χ2v) is 4.90. The first-order valence-electron chi connectivity index (χ1n) is 6.05. The van der Waals surface area contributed by atoms with E-state index in [0.29, 0.717) is 17.2 Å². The number of pyridine rings is 1. The number of hydrogen-bond donors (Lipinski definition) is 1. The summed E-state index contributed by atoms with van der Waals surface area (Å²) >= 11 is 0. The molecule has 1 aromatic heterocycles. The van der Waals surface area contributed by atoms with Crippen molar-refractivity contribution < 1.29 is 4.79 Å². The Balaban J connectivity index is 2.07. The maximum absolute atomic E-state index is 12.2. The highest BCUT2D eigenvalue weighted by atomic mass is 16.2. The minimum atomic E-state index is -0.0260. The van der Waals surface area contributed by atoms with Crippen molar-refractivity contribution in [2.75, 3.05) is 19.3 Å². The Hall–Kier alpha value is -1.58. The molecule has 1 heterocycles. The number of anilines is 1. The zero-order valence-corrected chi connectivity index (χ0v) is 10.4. The van der Waals surface area contributed by atoms with Crippen LogP contribution in [0.25, 0.3) is 0 Å². The normalized spacial score (nSPS) is 15.4. The second kappa shape index (κ2) is 4.73. The van der Waals surface area contributed by atoms with Crippen molar-refractivity contribution in [1.29, 1.82) is 0 Å². The SMILES string of the molecule is Cc1cc(N)c(C(=O)N(C)CC2CCC2)cn1. The molecule has 0 spiro atoms. The van der Waals surface area contributed by atoms with Gasteiger partial charge >= 0.3 is 0 Å². The quantitative estimate of drug-likeness (QED) is 0.866. The van der Waals surface area contributed by atoms with Crippen molar-refractivity contribution in [3.05, 3.63) is 23.5 Å². The van der Waals surface area contributed by atoms with Crippen LogP contribution in [0.1, 0.15) is 35.3 Å². The van der Waals surface area contributed by atoms with Gasteiger partial charge in [0.1, 0.15) is 0 Å². The van der Waals surface area contributed by atoms with E-state index in [9.17, 15) is 4.79 Å². The summed E-state index contributed by atoms with van der Waals surface area (Å²) in [5.74, 6) is 0.644. The molecule has 0 aromatic carbocycles. The van der Waals surface area contributed by atoms with Crippen LogP contribution in [-0.2, 0) is 0 Å². The smallest absolute Gasteiger partial charge is 0.257 e. The van der Waals surface area contributed by atoms with Crippen LogP contribution in [0.2, 0.25) is 0 Å². The van der Waals surface area contributed by atoms with Gasteiger partial charge in [-0.15, -0.1) is 0 Å². The van der Waals surface area contributed by atoms with Crippen LogP contribution < -0.4 is 5.73 Å². The molecule has 0 unspecified atom stereocenters. The Labute approximate surface area is 102 Å². The monoisotopic (exact) mass is 233 g/mol.